The van der Waals surface area contributed by atoms with E-state index in [9.17, 15) is 4.79 Å². The van der Waals surface area contributed by atoms with Crippen molar-refractivity contribution in [2.45, 2.75) is 64.4 Å². The van der Waals surface area contributed by atoms with Crippen molar-refractivity contribution in [2.24, 2.45) is 5.92 Å². The number of anilines is 1. The van der Waals surface area contributed by atoms with Crippen molar-refractivity contribution in [3.63, 3.8) is 0 Å². The molecule has 3 rings (SSSR count). The summed E-state index contributed by atoms with van der Waals surface area (Å²) in [6.07, 6.45) is 7.63. The molecule has 1 aromatic carbocycles. The number of ether oxygens (including phenoxy) is 2. The number of hydrogen-bond acceptors (Lipinski definition) is 4. The van der Waals surface area contributed by atoms with Gasteiger partial charge in [0.2, 0.25) is 0 Å². The number of likely N-dealkylation sites (tertiary alicyclic amines) is 1. The number of nitrogens with one attached hydrogen (secondary N) is 1. The standard InChI is InChI=1S/C23H36N2O3/c1-3-28-23(13-11-19(2)12-14-23)22(26)24-20-7-9-21(10-8-20)27-18-17-25-15-5-4-6-16-25/h7-10,19H,3-6,11-18H2,1-2H3,(H,24,26). The molecule has 0 spiro atoms. The molecule has 28 heavy (non-hydrogen) atoms. The van der Waals surface area contributed by atoms with E-state index >= 15 is 0 Å². The maximum atomic E-state index is 12.9. The molecule has 2 fully saturated rings. The molecule has 1 aliphatic heterocycles. The summed E-state index contributed by atoms with van der Waals surface area (Å²) in [6.45, 7) is 8.83. The van der Waals surface area contributed by atoms with Gasteiger partial charge < -0.3 is 14.8 Å². The Labute approximate surface area is 169 Å². The molecular weight excluding hydrogens is 352 g/mol. The van der Waals surface area contributed by atoms with Crippen LogP contribution < -0.4 is 10.1 Å². The van der Waals surface area contributed by atoms with Crippen LogP contribution in [0.25, 0.3) is 0 Å². The fraction of sp³-hybridized carbons (Fsp3) is 0.696. The van der Waals surface area contributed by atoms with Crippen LogP contribution in [0.2, 0.25) is 0 Å². The Morgan fingerprint density at radius 2 is 1.82 bits per heavy atom. The Morgan fingerprint density at radius 1 is 1.14 bits per heavy atom. The lowest BCUT2D eigenvalue weighted by Crippen LogP contribution is -2.48. The number of carbonyl (C=O) groups is 1. The van der Waals surface area contributed by atoms with Crippen LogP contribution in [0.3, 0.4) is 0 Å². The summed E-state index contributed by atoms with van der Waals surface area (Å²) >= 11 is 0. The first-order chi connectivity index (χ1) is 13.6. The lowest BCUT2D eigenvalue weighted by Gasteiger charge is -2.37. The topological polar surface area (TPSA) is 50.8 Å². The van der Waals surface area contributed by atoms with Crippen LogP contribution in [-0.2, 0) is 9.53 Å². The van der Waals surface area contributed by atoms with Crippen LogP contribution in [-0.4, -0.2) is 49.3 Å². The highest BCUT2D eigenvalue weighted by molar-refractivity contribution is 5.97. The minimum absolute atomic E-state index is 0.0139. The maximum Gasteiger partial charge on any atom is 0.256 e. The minimum Gasteiger partial charge on any atom is -0.492 e. The van der Waals surface area contributed by atoms with Crippen molar-refractivity contribution in [3.05, 3.63) is 24.3 Å². The Kier molecular flexibility index (Phi) is 7.74. The maximum absolute atomic E-state index is 12.9. The minimum atomic E-state index is -0.676. The van der Waals surface area contributed by atoms with E-state index in [0.717, 1.165) is 43.7 Å². The van der Waals surface area contributed by atoms with Gasteiger partial charge in [-0.2, -0.15) is 0 Å². The summed E-state index contributed by atoms with van der Waals surface area (Å²) < 4.78 is 11.8. The Balaban J connectivity index is 1.49. The van der Waals surface area contributed by atoms with Gasteiger partial charge in [0.25, 0.3) is 5.91 Å². The van der Waals surface area contributed by atoms with Crippen LogP contribution in [0.15, 0.2) is 24.3 Å². The molecular formula is C23H36N2O3. The molecule has 0 atom stereocenters. The van der Waals surface area contributed by atoms with Crippen LogP contribution in [0.5, 0.6) is 5.75 Å². The van der Waals surface area contributed by atoms with E-state index in [1.165, 1.54) is 32.4 Å². The quantitative estimate of drug-likeness (QED) is 0.714. The Morgan fingerprint density at radius 3 is 2.46 bits per heavy atom. The molecule has 0 bridgehead atoms. The van der Waals surface area contributed by atoms with E-state index in [0.29, 0.717) is 19.1 Å². The average Bonchev–Trinajstić information content (AvgIpc) is 2.72. The zero-order chi connectivity index (χ0) is 19.8. The van der Waals surface area contributed by atoms with Gasteiger partial charge in [0, 0.05) is 18.8 Å². The molecule has 2 aliphatic rings. The van der Waals surface area contributed by atoms with Gasteiger partial charge in [0.1, 0.15) is 18.0 Å². The van der Waals surface area contributed by atoms with E-state index in [1.54, 1.807) is 0 Å². The van der Waals surface area contributed by atoms with E-state index in [1.807, 2.05) is 31.2 Å². The third-order valence-electron chi connectivity index (χ3n) is 6.15. The number of hydrogen-bond donors (Lipinski definition) is 1. The highest BCUT2D eigenvalue weighted by atomic mass is 16.5. The highest BCUT2D eigenvalue weighted by Crippen LogP contribution is 2.36. The number of piperidine rings is 1. The summed E-state index contributed by atoms with van der Waals surface area (Å²) in [6, 6.07) is 7.70. The number of carbonyl (C=O) groups excluding carboxylic acids is 1. The van der Waals surface area contributed by atoms with Crippen LogP contribution in [0, 0.1) is 5.92 Å². The molecule has 156 valence electrons. The fourth-order valence-electron chi connectivity index (χ4n) is 4.30. The van der Waals surface area contributed by atoms with Gasteiger partial charge in [-0.1, -0.05) is 13.3 Å². The monoisotopic (exact) mass is 388 g/mol. The first-order valence-corrected chi connectivity index (χ1v) is 11.0. The van der Waals surface area contributed by atoms with Crippen molar-refractivity contribution >= 4 is 11.6 Å². The third-order valence-corrected chi connectivity index (χ3v) is 6.15. The van der Waals surface area contributed by atoms with E-state index in [-0.39, 0.29) is 5.91 Å². The first-order valence-electron chi connectivity index (χ1n) is 11.0. The molecule has 1 N–H and O–H groups in total. The third kappa shape index (κ3) is 5.71. The molecule has 1 saturated carbocycles. The SMILES string of the molecule is CCOC1(C(=O)Nc2ccc(OCCN3CCCCC3)cc2)CCC(C)CC1. The zero-order valence-electron chi connectivity index (χ0n) is 17.5. The molecule has 1 saturated heterocycles. The molecule has 5 heteroatoms. The van der Waals surface area contributed by atoms with E-state index in [4.69, 9.17) is 9.47 Å². The molecule has 1 heterocycles. The summed E-state index contributed by atoms with van der Waals surface area (Å²) in [5.41, 5.74) is 0.122. The molecule has 0 radical (unpaired) electrons. The highest BCUT2D eigenvalue weighted by Gasteiger charge is 2.41. The lowest BCUT2D eigenvalue weighted by molar-refractivity contribution is -0.146. The number of amides is 1. The first kappa shape index (κ1) is 21.1. The normalized spacial score (nSPS) is 26.0. The molecule has 5 nitrogen and oxygen atoms in total. The van der Waals surface area contributed by atoms with Gasteiger partial charge in [-0.25, -0.2) is 0 Å². The van der Waals surface area contributed by atoms with Gasteiger partial charge in [0.15, 0.2) is 0 Å². The smallest absolute Gasteiger partial charge is 0.256 e. The van der Waals surface area contributed by atoms with Crippen LogP contribution in [0.4, 0.5) is 5.69 Å². The second-order valence-corrected chi connectivity index (χ2v) is 8.34. The molecule has 0 aromatic heterocycles. The summed E-state index contributed by atoms with van der Waals surface area (Å²) in [4.78, 5) is 15.4. The van der Waals surface area contributed by atoms with Crippen molar-refractivity contribution in [1.29, 1.82) is 0 Å². The summed E-state index contributed by atoms with van der Waals surface area (Å²) in [5.74, 6) is 1.50. The van der Waals surface area contributed by atoms with Crippen molar-refractivity contribution in [2.75, 3.05) is 38.2 Å². The van der Waals surface area contributed by atoms with Crippen molar-refractivity contribution in [1.82, 2.24) is 4.90 Å². The second kappa shape index (κ2) is 10.3. The number of benzene rings is 1. The van der Waals surface area contributed by atoms with E-state index in [2.05, 4.69) is 17.1 Å². The van der Waals surface area contributed by atoms with E-state index < -0.39 is 5.60 Å². The van der Waals surface area contributed by atoms with Gasteiger partial charge in [-0.3, -0.25) is 9.69 Å². The predicted molar refractivity (Wildman–Crippen MR) is 113 cm³/mol. The molecule has 1 amide bonds. The zero-order valence-corrected chi connectivity index (χ0v) is 17.5. The number of nitrogens with zero attached hydrogens (tertiary/aromatic N) is 1. The van der Waals surface area contributed by atoms with Gasteiger partial charge in [0.05, 0.1) is 0 Å². The Bertz CT molecular complexity index is 603. The summed E-state index contributed by atoms with van der Waals surface area (Å²) in [7, 11) is 0. The average molecular weight is 389 g/mol. The lowest BCUT2D eigenvalue weighted by atomic mass is 9.78. The Hall–Kier alpha value is -1.59. The van der Waals surface area contributed by atoms with Gasteiger partial charge in [-0.15, -0.1) is 0 Å². The van der Waals surface area contributed by atoms with Crippen molar-refractivity contribution < 1.29 is 14.3 Å². The molecule has 1 aromatic rings. The molecule has 0 unspecified atom stereocenters. The molecule has 1 aliphatic carbocycles. The van der Waals surface area contributed by atoms with Crippen LogP contribution >= 0.6 is 0 Å². The fourth-order valence-corrected chi connectivity index (χ4v) is 4.30. The predicted octanol–water partition coefficient (Wildman–Crippen LogP) is 4.48. The largest absolute Gasteiger partial charge is 0.492 e. The second-order valence-electron chi connectivity index (χ2n) is 8.34. The summed E-state index contributed by atoms with van der Waals surface area (Å²) in [5, 5.41) is 3.06. The van der Waals surface area contributed by atoms with Gasteiger partial charge >= 0.3 is 0 Å². The van der Waals surface area contributed by atoms with Gasteiger partial charge in [-0.05, 0) is 88.7 Å². The number of rotatable bonds is 8. The van der Waals surface area contributed by atoms with Crippen molar-refractivity contribution in [3.8, 4) is 5.75 Å². The van der Waals surface area contributed by atoms with Crippen LogP contribution in [0.1, 0.15) is 58.8 Å².